The minimum absolute atomic E-state index is 0.171. The SMILES string of the molecule is CCn1ccnc1Nc1nc2cc(N3CCN(C)CC3)c(C(=O)Nc3ccc4cn[nH]c4c3)cc2[nH]1. The van der Waals surface area contributed by atoms with Crippen LogP contribution in [-0.2, 0) is 6.54 Å². The molecular weight excluding hydrogens is 456 g/mol. The fourth-order valence-corrected chi connectivity index (χ4v) is 4.60. The van der Waals surface area contributed by atoms with Crippen LogP contribution in [0.5, 0.6) is 0 Å². The number of imidazole rings is 2. The van der Waals surface area contributed by atoms with Gasteiger partial charge in [-0.3, -0.25) is 15.2 Å². The smallest absolute Gasteiger partial charge is 0.257 e. The second kappa shape index (κ2) is 9.00. The maximum atomic E-state index is 13.6. The number of aryl methyl sites for hydroxylation is 1. The number of aromatic amines is 2. The number of likely N-dealkylation sites (N-methyl/N-ethyl adjacent to an activating group) is 1. The van der Waals surface area contributed by atoms with Gasteiger partial charge in [0.25, 0.3) is 5.91 Å². The number of nitrogens with one attached hydrogen (secondary N) is 4. The van der Waals surface area contributed by atoms with Gasteiger partial charge in [-0.15, -0.1) is 0 Å². The van der Waals surface area contributed by atoms with E-state index in [1.165, 1.54) is 0 Å². The van der Waals surface area contributed by atoms with Crippen LogP contribution in [0.1, 0.15) is 17.3 Å². The topological polar surface area (TPSA) is 123 Å². The van der Waals surface area contributed by atoms with Gasteiger partial charge >= 0.3 is 0 Å². The number of fused-ring (bicyclic) bond motifs is 2. The molecule has 1 amide bonds. The van der Waals surface area contributed by atoms with Crippen LogP contribution >= 0.6 is 0 Å². The second-order valence-electron chi connectivity index (χ2n) is 9.05. The first kappa shape index (κ1) is 22.1. The van der Waals surface area contributed by atoms with Crippen LogP contribution in [0.3, 0.4) is 0 Å². The highest BCUT2D eigenvalue weighted by Crippen LogP contribution is 2.30. The summed E-state index contributed by atoms with van der Waals surface area (Å²) < 4.78 is 2.00. The Balaban J connectivity index is 1.36. The van der Waals surface area contributed by atoms with E-state index in [2.05, 4.69) is 54.6 Å². The lowest BCUT2D eigenvalue weighted by atomic mass is 10.1. The van der Waals surface area contributed by atoms with Crippen molar-refractivity contribution in [1.29, 1.82) is 0 Å². The Bertz CT molecular complexity index is 1540. The summed E-state index contributed by atoms with van der Waals surface area (Å²) in [6.07, 6.45) is 5.43. The molecular formula is C25H28N10O. The number of nitrogens with zero attached hydrogens (tertiary/aromatic N) is 6. The number of hydrogen-bond acceptors (Lipinski definition) is 7. The van der Waals surface area contributed by atoms with E-state index in [0.717, 1.165) is 60.3 Å². The molecule has 184 valence electrons. The number of aromatic nitrogens is 6. The molecule has 36 heavy (non-hydrogen) atoms. The van der Waals surface area contributed by atoms with Gasteiger partial charge in [0.15, 0.2) is 0 Å². The predicted octanol–water partition coefficient (Wildman–Crippen LogP) is 3.40. The number of H-pyrrole nitrogens is 2. The van der Waals surface area contributed by atoms with E-state index in [1.807, 2.05) is 41.1 Å². The molecule has 1 saturated heterocycles. The van der Waals surface area contributed by atoms with Gasteiger partial charge in [0.05, 0.1) is 34.0 Å². The number of carbonyl (C=O) groups is 1. The van der Waals surface area contributed by atoms with Crippen molar-refractivity contribution in [3.05, 3.63) is 54.5 Å². The Morgan fingerprint density at radius 1 is 1.11 bits per heavy atom. The summed E-state index contributed by atoms with van der Waals surface area (Å²) in [6.45, 7) is 6.40. The van der Waals surface area contributed by atoms with E-state index in [4.69, 9.17) is 4.98 Å². The molecule has 11 nitrogen and oxygen atoms in total. The molecule has 0 unspecified atom stereocenters. The number of carbonyl (C=O) groups excluding carboxylic acids is 1. The first-order valence-corrected chi connectivity index (χ1v) is 12.1. The van der Waals surface area contributed by atoms with Gasteiger partial charge in [0.1, 0.15) is 0 Å². The van der Waals surface area contributed by atoms with Crippen LogP contribution in [-0.4, -0.2) is 73.8 Å². The van der Waals surface area contributed by atoms with Gasteiger partial charge in [-0.2, -0.15) is 5.10 Å². The van der Waals surface area contributed by atoms with Crippen LogP contribution in [0.25, 0.3) is 21.9 Å². The Labute approximate surface area is 207 Å². The number of piperazine rings is 1. The number of rotatable bonds is 6. The molecule has 2 aromatic carbocycles. The molecule has 0 spiro atoms. The van der Waals surface area contributed by atoms with Crippen molar-refractivity contribution < 1.29 is 4.79 Å². The van der Waals surface area contributed by atoms with Gasteiger partial charge in [-0.25, -0.2) is 9.97 Å². The van der Waals surface area contributed by atoms with Crippen molar-refractivity contribution in [2.45, 2.75) is 13.5 Å². The zero-order valence-electron chi connectivity index (χ0n) is 20.2. The lowest BCUT2D eigenvalue weighted by Crippen LogP contribution is -2.45. The molecule has 5 aromatic rings. The summed E-state index contributed by atoms with van der Waals surface area (Å²) in [5.74, 6) is 1.12. The minimum atomic E-state index is -0.171. The van der Waals surface area contributed by atoms with E-state index in [-0.39, 0.29) is 5.91 Å². The van der Waals surface area contributed by atoms with E-state index in [0.29, 0.717) is 23.1 Å². The van der Waals surface area contributed by atoms with Crippen molar-refractivity contribution in [2.75, 3.05) is 48.8 Å². The first-order valence-electron chi connectivity index (χ1n) is 12.1. The van der Waals surface area contributed by atoms with Crippen molar-refractivity contribution in [3.8, 4) is 0 Å². The predicted molar refractivity (Wildman–Crippen MR) is 141 cm³/mol. The number of benzene rings is 2. The van der Waals surface area contributed by atoms with Crippen LogP contribution in [0, 0.1) is 0 Å². The molecule has 6 rings (SSSR count). The van der Waals surface area contributed by atoms with Crippen molar-refractivity contribution in [3.63, 3.8) is 0 Å². The van der Waals surface area contributed by atoms with E-state index < -0.39 is 0 Å². The van der Waals surface area contributed by atoms with Crippen molar-refractivity contribution in [1.82, 2.24) is 34.6 Å². The van der Waals surface area contributed by atoms with Crippen LogP contribution in [0.15, 0.2) is 48.9 Å². The maximum absolute atomic E-state index is 13.6. The van der Waals surface area contributed by atoms with Gasteiger partial charge in [-0.05, 0) is 44.3 Å². The normalized spacial score (nSPS) is 14.6. The fraction of sp³-hybridized carbons (Fsp3) is 0.280. The highest BCUT2D eigenvalue weighted by molar-refractivity contribution is 6.11. The van der Waals surface area contributed by atoms with E-state index >= 15 is 0 Å². The van der Waals surface area contributed by atoms with Crippen molar-refractivity contribution in [2.24, 2.45) is 0 Å². The summed E-state index contributed by atoms with van der Waals surface area (Å²) in [5, 5.41) is 14.3. The Morgan fingerprint density at radius 2 is 1.97 bits per heavy atom. The largest absolute Gasteiger partial charge is 0.368 e. The number of anilines is 4. The minimum Gasteiger partial charge on any atom is -0.368 e. The fourth-order valence-electron chi connectivity index (χ4n) is 4.60. The highest BCUT2D eigenvalue weighted by Gasteiger charge is 2.23. The Kier molecular flexibility index (Phi) is 5.53. The molecule has 0 bridgehead atoms. The molecule has 11 heteroatoms. The molecule has 0 atom stereocenters. The van der Waals surface area contributed by atoms with Crippen LogP contribution in [0.2, 0.25) is 0 Å². The average molecular weight is 485 g/mol. The standard InChI is InChI=1S/C25H28N10O/c1-3-34-7-6-26-25(34)31-24-29-20-13-18(22(14-21(20)30-24)35-10-8-33(2)9-11-35)23(36)28-17-5-4-16-15-27-32-19(16)12-17/h4-7,12-15H,3,8-11H2,1-2H3,(H,27,32)(H,28,36)(H2,26,29,30,31). The number of hydrogen-bond donors (Lipinski definition) is 4. The summed E-state index contributed by atoms with van der Waals surface area (Å²) in [7, 11) is 2.12. The third-order valence-corrected chi connectivity index (χ3v) is 6.67. The summed E-state index contributed by atoms with van der Waals surface area (Å²) in [4.78, 5) is 30.5. The molecule has 1 fully saturated rings. The first-order chi connectivity index (χ1) is 17.6. The molecule has 1 aliphatic rings. The zero-order chi connectivity index (χ0) is 24.6. The third-order valence-electron chi connectivity index (χ3n) is 6.67. The van der Waals surface area contributed by atoms with Gasteiger partial charge in [0.2, 0.25) is 11.9 Å². The molecule has 0 radical (unpaired) electrons. The van der Waals surface area contributed by atoms with Gasteiger partial charge in [0, 0.05) is 56.2 Å². The van der Waals surface area contributed by atoms with Crippen molar-refractivity contribution >= 4 is 51.1 Å². The lowest BCUT2D eigenvalue weighted by molar-refractivity contribution is 0.102. The second-order valence-corrected chi connectivity index (χ2v) is 9.05. The molecule has 0 aliphatic carbocycles. The zero-order valence-corrected chi connectivity index (χ0v) is 20.2. The van der Waals surface area contributed by atoms with Crippen LogP contribution < -0.4 is 15.5 Å². The Hall–Kier alpha value is -4.38. The highest BCUT2D eigenvalue weighted by atomic mass is 16.1. The molecule has 3 aromatic heterocycles. The Morgan fingerprint density at radius 3 is 2.81 bits per heavy atom. The van der Waals surface area contributed by atoms with Gasteiger partial charge < -0.3 is 24.7 Å². The summed E-state index contributed by atoms with van der Waals surface area (Å²) >= 11 is 0. The maximum Gasteiger partial charge on any atom is 0.257 e. The summed E-state index contributed by atoms with van der Waals surface area (Å²) in [6, 6.07) is 9.60. The third kappa shape index (κ3) is 4.13. The number of amides is 1. The van der Waals surface area contributed by atoms with E-state index in [1.54, 1.807) is 12.4 Å². The molecule has 4 N–H and O–H groups in total. The van der Waals surface area contributed by atoms with Crippen LogP contribution in [0.4, 0.5) is 23.3 Å². The molecule has 4 heterocycles. The van der Waals surface area contributed by atoms with E-state index in [9.17, 15) is 4.79 Å². The molecule has 1 aliphatic heterocycles. The van der Waals surface area contributed by atoms with Gasteiger partial charge in [-0.1, -0.05) is 0 Å². The summed E-state index contributed by atoms with van der Waals surface area (Å²) in [5.41, 5.74) is 4.62. The molecule has 0 saturated carbocycles. The lowest BCUT2D eigenvalue weighted by Gasteiger charge is -2.35. The average Bonchev–Trinajstić information content (AvgIpc) is 3.62. The quantitative estimate of drug-likeness (QED) is 0.291. The monoisotopic (exact) mass is 484 g/mol.